The summed E-state index contributed by atoms with van der Waals surface area (Å²) in [5.41, 5.74) is 2.75. The molecule has 29 heavy (non-hydrogen) atoms. The highest BCUT2D eigenvalue weighted by Crippen LogP contribution is 2.18. The van der Waals surface area contributed by atoms with E-state index in [0.717, 1.165) is 58.5 Å². The number of unbranched alkanes of at least 4 members (excludes halogenated alkanes) is 4. The molecule has 4 nitrogen and oxygen atoms in total. The van der Waals surface area contributed by atoms with E-state index >= 15 is 0 Å². The molecule has 0 radical (unpaired) electrons. The summed E-state index contributed by atoms with van der Waals surface area (Å²) < 4.78 is 0. The zero-order chi connectivity index (χ0) is 21.1. The Hall–Kier alpha value is -1.39. The van der Waals surface area contributed by atoms with E-state index in [4.69, 9.17) is 0 Å². The van der Waals surface area contributed by atoms with Crippen molar-refractivity contribution in [3.05, 3.63) is 29.8 Å². The van der Waals surface area contributed by atoms with E-state index < -0.39 is 0 Å². The van der Waals surface area contributed by atoms with Crippen molar-refractivity contribution in [2.24, 2.45) is 5.92 Å². The summed E-state index contributed by atoms with van der Waals surface area (Å²) in [6.07, 6.45) is 7.78. The smallest absolute Gasteiger partial charge is 0.135 e. The van der Waals surface area contributed by atoms with Crippen LogP contribution in [0.4, 0.5) is 5.69 Å². The number of carbonyl (C=O) groups excluding carboxylic acids is 1. The minimum absolute atomic E-state index is 0.249. The number of nitrogens with zero attached hydrogens (tertiary/aromatic N) is 3. The second-order valence-electron chi connectivity index (χ2n) is 8.99. The molecule has 1 aliphatic heterocycles. The number of carbonyl (C=O) groups is 1. The van der Waals surface area contributed by atoms with Crippen LogP contribution in [-0.2, 0) is 11.3 Å². The van der Waals surface area contributed by atoms with Gasteiger partial charge < -0.3 is 14.7 Å². The molecule has 1 fully saturated rings. The molecule has 1 aromatic carbocycles. The number of hydrogen-bond donors (Lipinski definition) is 0. The number of benzene rings is 1. The van der Waals surface area contributed by atoms with Crippen molar-refractivity contribution in [3.8, 4) is 0 Å². The van der Waals surface area contributed by atoms with E-state index in [2.05, 4.69) is 66.9 Å². The second kappa shape index (κ2) is 13.0. The molecule has 1 heterocycles. The SMILES string of the molecule is CCC(C)C(=O)CCCCCCCN(C)Cc1ccc(N2CCN(C)CC2)cc1. The molecule has 0 aromatic heterocycles. The van der Waals surface area contributed by atoms with Gasteiger partial charge in [0.25, 0.3) is 0 Å². The van der Waals surface area contributed by atoms with Crippen molar-refractivity contribution < 1.29 is 4.79 Å². The zero-order valence-corrected chi connectivity index (χ0v) is 19.3. The summed E-state index contributed by atoms with van der Waals surface area (Å²) >= 11 is 0. The summed E-state index contributed by atoms with van der Waals surface area (Å²) in [5.74, 6) is 0.699. The number of Topliss-reactive ketones (excluding diaryl/α,β-unsaturated/α-hetero) is 1. The van der Waals surface area contributed by atoms with E-state index in [-0.39, 0.29) is 5.92 Å². The van der Waals surface area contributed by atoms with Gasteiger partial charge in [-0.05, 0) is 57.6 Å². The summed E-state index contributed by atoms with van der Waals surface area (Å²) in [5, 5.41) is 0. The first-order valence-electron chi connectivity index (χ1n) is 11.7. The molecule has 1 unspecified atom stereocenters. The Morgan fingerprint density at radius 2 is 1.62 bits per heavy atom. The minimum Gasteiger partial charge on any atom is -0.369 e. The Kier molecular flexibility index (Phi) is 10.7. The van der Waals surface area contributed by atoms with E-state index in [1.54, 1.807) is 0 Å². The molecule has 0 N–H and O–H groups in total. The molecule has 1 atom stereocenters. The van der Waals surface area contributed by atoms with Gasteiger partial charge in [-0.25, -0.2) is 0 Å². The molecule has 0 spiro atoms. The second-order valence-corrected chi connectivity index (χ2v) is 8.99. The Morgan fingerprint density at radius 3 is 2.28 bits per heavy atom. The fraction of sp³-hybridized carbons (Fsp3) is 0.720. The fourth-order valence-corrected chi connectivity index (χ4v) is 3.95. The summed E-state index contributed by atoms with van der Waals surface area (Å²) in [6, 6.07) is 9.15. The normalized spacial score (nSPS) is 16.4. The lowest BCUT2D eigenvalue weighted by molar-refractivity contribution is -0.122. The Morgan fingerprint density at radius 1 is 1.00 bits per heavy atom. The number of ketones is 1. The van der Waals surface area contributed by atoms with E-state index in [1.807, 2.05) is 0 Å². The molecule has 164 valence electrons. The van der Waals surface area contributed by atoms with Gasteiger partial charge in [-0.3, -0.25) is 4.79 Å². The van der Waals surface area contributed by atoms with Crippen LogP contribution in [0.5, 0.6) is 0 Å². The minimum atomic E-state index is 0.249. The molecule has 4 heteroatoms. The molecule has 0 amide bonds. The van der Waals surface area contributed by atoms with Crippen LogP contribution in [0.15, 0.2) is 24.3 Å². The van der Waals surface area contributed by atoms with Crippen molar-refractivity contribution in [2.45, 2.75) is 65.3 Å². The van der Waals surface area contributed by atoms with Gasteiger partial charge in [0.2, 0.25) is 0 Å². The topological polar surface area (TPSA) is 26.8 Å². The van der Waals surface area contributed by atoms with Gasteiger partial charge in [0.1, 0.15) is 5.78 Å². The van der Waals surface area contributed by atoms with Crippen molar-refractivity contribution in [3.63, 3.8) is 0 Å². The molecule has 2 rings (SSSR count). The van der Waals surface area contributed by atoms with Crippen LogP contribution in [0.25, 0.3) is 0 Å². The Balaban J connectivity index is 1.56. The maximum absolute atomic E-state index is 11.8. The van der Waals surface area contributed by atoms with Gasteiger partial charge in [0.15, 0.2) is 0 Å². The third-order valence-electron chi connectivity index (χ3n) is 6.38. The van der Waals surface area contributed by atoms with Gasteiger partial charge in [0, 0.05) is 50.7 Å². The highest BCUT2D eigenvalue weighted by atomic mass is 16.1. The van der Waals surface area contributed by atoms with E-state index in [9.17, 15) is 4.79 Å². The van der Waals surface area contributed by atoms with Crippen molar-refractivity contribution in [1.82, 2.24) is 9.80 Å². The maximum Gasteiger partial charge on any atom is 0.135 e. The van der Waals surface area contributed by atoms with Gasteiger partial charge in [-0.2, -0.15) is 0 Å². The molecule has 1 saturated heterocycles. The monoisotopic (exact) mass is 401 g/mol. The lowest BCUT2D eigenvalue weighted by Gasteiger charge is -2.34. The first kappa shape index (κ1) is 23.9. The van der Waals surface area contributed by atoms with E-state index in [0.29, 0.717) is 5.78 Å². The maximum atomic E-state index is 11.8. The molecule has 0 aliphatic carbocycles. The van der Waals surface area contributed by atoms with Crippen LogP contribution < -0.4 is 4.90 Å². The largest absolute Gasteiger partial charge is 0.369 e. The van der Waals surface area contributed by atoms with Gasteiger partial charge in [0.05, 0.1) is 0 Å². The molecule has 1 aromatic rings. The fourth-order valence-electron chi connectivity index (χ4n) is 3.95. The van der Waals surface area contributed by atoms with Crippen molar-refractivity contribution in [1.29, 1.82) is 0 Å². The molecule has 1 aliphatic rings. The molecule has 0 bridgehead atoms. The first-order valence-corrected chi connectivity index (χ1v) is 11.7. The highest BCUT2D eigenvalue weighted by Gasteiger charge is 2.14. The first-order chi connectivity index (χ1) is 14.0. The number of anilines is 1. The molecular formula is C25H43N3O. The van der Waals surface area contributed by atoms with Crippen LogP contribution in [0.2, 0.25) is 0 Å². The molecule has 0 saturated carbocycles. The van der Waals surface area contributed by atoms with Crippen LogP contribution in [0.3, 0.4) is 0 Å². The average molecular weight is 402 g/mol. The average Bonchev–Trinajstić information content (AvgIpc) is 2.73. The quantitative estimate of drug-likeness (QED) is 0.443. The van der Waals surface area contributed by atoms with Gasteiger partial charge >= 0.3 is 0 Å². The summed E-state index contributed by atoms with van der Waals surface area (Å²) in [6.45, 7) is 10.9. The number of hydrogen-bond acceptors (Lipinski definition) is 4. The summed E-state index contributed by atoms with van der Waals surface area (Å²) in [7, 11) is 4.42. The Bertz CT molecular complexity index is 578. The zero-order valence-electron chi connectivity index (χ0n) is 19.3. The van der Waals surface area contributed by atoms with Crippen LogP contribution in [-0.4, -0.2) is 62.4 Å². The third kappa shape index (κ3) is 8.88. The molecular weight excluding hydrogens is 358 g/mol. The predicted octanol–water partition coefficient (Wildman–Crippen LogP) is 4.83. The highest BCUT2D eigenvalue weighted by molar-refractivity contribution is 5.80. The number of likely N-dealkylation sites (N-methyl/N-ethyl adjacent to an activating group) is 1. The third-order valence-corrected chi connectivity index (χ3v) is 6.38. The van der Waals surface area contributed by atoms with E-state index in [1.165, 1.54) is 36.9 Å². The predicted molar refractivity (Wildman–Crippen MR) is 125 cm³/mol. The van der Waals surface area contributed by atoms with Gasteiger partial charge in [-0.15, -0.1) is 0 Å². The van der Waals surface area contributed by atoms with Crippen molar-refractivity contribution >= 4 is 11.5 Å². The number of piperazine rings is 1. The lowest BCUT2D eigenvalue weighted by Crippen LogP contribution is -2.44. The van der Waals surface area contributed by atoms with Crippen LogP contribution >= 0.6 is 0 Å². The van der Waals surface area contributed by atoms with Gasteiger partial charge in [-0.1, -0.05) is 45.2 Å². The summed E-state index contributed by atoms with van der Waals surface area (Å²) in [4.78, 5) is 19.2. The van der Waals surface area contributed by atoms with Crippen LogP contribution in [0.1, 0.15) is 64.4 Å². The van der Waals surface area contributed by atoms with Crippen LogP contribution in [0, 0.1) is 5.92 Å². The van der Waals surface area contributed by atoms with Crippen molar-refractivity contribution in [2.75, 3.05) is 51.7 Å². The standard InChI is InChI=1S/C25H43N3O/c1-5-22(2)25(29)11-9-7-6-8-10-16-27(4)21-23-12-14-24(15-13-23)28-19-17-26(3)18-20-28/h12-15,22H,5-11,16-21H2,1-4H3. The number of rotatable bonds is 13. The lowest BCUT2D eigenvalue weighted by atomic mass is 9.98. The Labute approximate surface area is 179 Å².